The van der Waals surface area contributed by atoms with E-state index in [0.29, 0.717) is 13.2 Å². The first-order valence-electron chi connectivity index (χ1n) is 5.06. The Kier molecular flexibility index (Phi) is 12.4. The lowest BCUT2D eigenvalue weighted by molar-refractivity contribution is 0.0427. The summed E-state index contributed by atoms with van der Waals surface area (Å²) >= 11 is 0. The minimum atomic E-state index is 0.158. The first-order chi connectivity index (χ1) is 7.78. The van der Waals surface area contributed by atoms with Gasteiger partial charge in [0.15, 0.2) is 0 Å². The molecule has 0 N–H and O–H groups in total. The highest BCUT2D eigenvalue weighted by molar-refractivity contribution is 8.76. The molecule has 0 fully saturated rings. The van der Waals surface area contributed by atoms with E-state index in [1.54, 1.807) is 50.0 Å². The van der Waals surface area contributed by atoms with Crippen molar-refractivity contribution in [1.82, 2.24) is 0 Å². The number of hydrogen-bond donors (Lipinski definition) is 0. The molecular formula is C10H22O4S2. The Balaban J connectivity index is 3.48. The van der Waals surface area contributed by atoms with Gasteiger partial charge < -0.3 is 18.9 Å². The second-order valence-corrected chi connectivity index (χ2v) is 5.75. The predicted molar refractivity (Wildman–Crippen MR) is 70.3 cm³/mol. The van der Waals surface area contributed by atoms with E-state index >= 15 is 0 Å². The van der Waals surface area contributed by atoms with Crippen molar-refractivity contribution >= 4 is 21.6 Å². The summed E-state index contributed by atoms with van der Waals surface area (Å²) in [5.41, 5.74) is 0. The molecular weight excluding hydrogens is 248 g/mol. The highest BCUT2D eigenvalue weighted by Crippen LogP contribution is 2.24. The van der Waals surface area contributed by atoms with Gasteiger partial charge >= 0.3 is 0 Å². The normalized spacial score (nSPS) is 15.0. The first kappa shape index (κ1) is 16.5. The lowest BCUT2D eigenvalue weighted by Crippen LogP contribution is -2.21. The van der Waals surface area contributed by atoms with Crippen LogP contribution in [0.3, 0.4) is 0 Å². The average molecular weight is 270 g/mol. The molecule has 0 bridgehead atoms. The molecule has 0 aromatic heterocycles. The fraction of sp³-hybridized carbons (Fsp3) is 1.00. The molecule has 0 radical (unpaired) electrons. The molecule has 2 unspecified atom stereocenters. The van der Waals surface area contributed by atoms with Crippen molar-refractivity contribution in [3.05, 3.63) is 0 Å². The Morgan fingerprint density at radius 1 is 0.750 bits per heavy atom. The highest BCUT2D eigenvalue weighted by Gasteiger charge is 2.10. The molecule has 0 saturated heterocycles. The summed E-state index contributed by atoms with van der Waals surface area (Å²) in [4.78, 5) is 0. The molecule has 0 heterocycles. The molecule has 0 aliphatic carbocycles. The smallest absolute Gasteiger partial charge is 0.0902 e. The van der Waals surface area contributed by atoms with Gasteiger partial charge in [0.2, 0.25) is 0 Å². The van der Waals surface area contributed by atoms with Gasteiger partial charge in [-0.15, -0.1) is 0 Å². The molecule has 0 saturated carbocycles. The van der Waals surface area contributed by atoms with Gasteiger partial charge in [-0.1, -0.05) is 21.6 Å². The second kappa shape index (κ2) is 12.0. The Morgan fingerprint density at radius 3 is 1.38 bits per heavy atom. The number of hydrogen-bond acceptors (Lipinski definition) is 6. The third-order valence-electron chi connectivity index (χ3n) is 1.96. The summed E-state index contributed by atoms with van der Waals surface area (Å²) in [6, 6.07) is 0. The second-order valence-electron chi connectivity index (χ2n) is 3.20. The van der Waals surface area contributed by atoms with Gasteiger partial charge in [0.25, 0.3) is 0 Å². The SMILES string of the molecule is COCC(CSSCC(COC)OC)OC. The molecule has 98 valence electrons. The zero-order valence-corrected chi connectivity index (χ0v) is 12.1. The van der Waals surface area contributed by atoms with Crippen LogP contribution in [0.4, 0.5) is 0 Å². The van der Waals surface area contributed by atoms with Gasteiger partial charge in [0, 0.05) is 39.9 Å². The van der Waals surface area contributed by atoms with Crippen LogP contribution in [-0.4, -0.2) is 65.4 Å². The summed E-state index contributed by atoms with van der Waals surface area (Å²) in [5.74, 6) is 1.83. The fourth-order valence-electron chi connectivity index (χ4n) is 0.988. The van der Waals surface area contributed by atoms with Gasteiger partial charge in [-0.3, -0.25) is 0 Å². The summed E-state index contributed by atoms with van der Waals surface area (Å²) in [7, 11) is 10.3. The van der Waals surface area contributed by atoms with Crippen molar-refractivity contribution in [1.29, 1.82) is 0 Å². The monoisotopic (exact) mass is 270 g/mol. The van der Waals surface area contributed by atoms with Crippen LogP contribution in [0.25, 0.3) is 0 Å². The van der Waals surface area contributed by atoms with Gasteiger partial charge in [-0.05, 0) is 0 Å². The zero-order valence-electron chi connectivity index (χ0n) is 10.4. The van der Waals surface area contributed by atoms with E-state index in [4.69, 9.17) is 18.9 Å². The lowest BCUT2D eigenvalue weighted by atomic mass is 10.4. The molecule has 0 amide bonds. The quantitative estimate of drug-likeness (QED) is 0.420. The molecule has 0 spiro atoms. The predicted octanol–water partition coefficient (Wildman–Crippen LogP) is 1.69. The van der Waals surface area contributed by atoms with E-state index in [1.807, 2.05) is 0 Å². The Morgan fingerprint density at radius 2 is 1.12 bits per heavy atom. The van der Waals surface area contributed by atoms with Gasteiger partial charge in [-0.25, -0.2) is 0 Å². The minimum absolute atomic E-state index is 0.158. The number of methoxy groups -OCH3 is 4. The largest absolute Gasteiger partial charge is 0.382 e. The van der Waals surface area contributed by atoms with Gasteiger partial charge in [-0.2, -0.15) is 0 Å². The fourth-order valence-corrected chi connectivity index (χ4v) is 3.44. The molecule has 0 aromatic carbocycles. The number of rotatable bonds is 11. The lowest BCUT2D eigenvalue weighted by Gasteiger charge is -2.15. The van der Waals surface area contributed by atoms with Gasteiger partial charge in [0.05, 0.1) is 25.4 Å². The van der Waals surface area contributed by atoms with E-state index in [1.165, 1.54) is 0 Å². The van der Waals surface area contributed by atoms with Crippen LogP contribution in [0.15, 0.2) is 0 Å². The summed E-state index contributed by atoms with van der Waals surface area (Å²) < 4.78 is 20.6. The molecule has 4 nitrogen and oxygen atoms in total. The van der Waals surface area contributed by atoms with Crippen molar-refractivity contribution in [2.75, 3.05) is 53.2 Å². The van der Waals surface area contributed by atoms with E-state index in [-0.39, 0.29) is 12.2 Å². The highest BCUT2D eigenvalue weighted by atomic mass is 33.1. The van der Waals surface area contributed by atoms with Crippen LogP contribution in [-0.2, 0) is 18.9 Å². The first-order valence-corrected chi connectivity index (χ1v) is 7.55. The summed E-state index contributed by atoms with van der Waals surface area (Å²) in [6.07, 6.45) is 0.317. The van der Waals surface area contributed by atoms with Crippen molar-refractivity contribution in [2.45, 2.75) is 12.2 Å². The van der Waals surface area contributed by atoms with Crippen LogP contribution >= 0.6 is 21.6 Å². The topological polar surface area (TPSA) is 36.9 Å². The molecule has 0 aliphatic rings. The van der Waals surface area contributed by atoms with Crippen molar-refractivity contribution in [3.63, 3.8) is 0 Å². The maximum Gasteiger partial charge on any atom is 0.0902 e. The van der Waals surface area contributed by atoms with Crippen molar-refractivity contribution in [3.8, 4) is 0 Å². The number of ether oxygens (including phenoxy) is 4. The standard InChI is InChI=1S/C10H22O4S2/c1-11-5-9(13-3)7-15-16-8-10(14-4)6-12-2/h9-10H,5-8H2,1-4H3. The van der Waals surface area contributed by atoms with E-state index in [0.717, 1.165) is 11.5 Å². The Bertz CT molecular complexity index is 133. The van der Waals surface area contributed by atoms with Crippen LogP contribution in [0.5, 0.6) is 0 Å². The summed E-state index contributed by atoms with van der Waals surface area (Å²) in [6.45, 7) is 1.27. The van der Waals surface area contributed by atoms with E-state index in [2.05, 4.69) is 0 Å². The third kappa shape index (κ3) is 8.66. The summed E-state index contributed by atoms with van der Waals surface area (Å²) in [5, 5.41) is 0. The molecule has 0 aliphatic heterocycles. The van der Waals surface area contributed by atoms with Crippen molar-refractivity contribution in [2.24, 2.45) is 0 Å². The third-order valence-corrected chi connectivity index (χ3v) is 4.46. The van der Waals surface area contributed by atoms with Crippen molar-refractivity contribution < 1.29 is 18.9 Å². The molecule has 2 atom stereocenters. The molecule has 0 rings (SSSR count). The Hall–Kier alpha value is 0.540. The van der Waals surface area contributed by atoms with Gasteiger partial charge in [0.1, 0.15) is 0 Å². The van der Waals surface area contributed by atoms with Crippen LogP contribution < -0.4 is 0 Å². The molecule has 16 heavy (non-hydrogen) atoms. The van der Waals surface area contributed by atoms with Crippen LogP contribution in [0.1, 0.15) is 0 Å². The van der Waals surface area contributed by atoms with E-state index in [9.17, 15) is 0 Å². The van der Waals surface area contributed by atoms with Crippen LogP contribution in [0, 0.1) is 0 Å². The Labute approximate surface area is 106 Å². The maximum atomic E-state index is 5.26. The van der Waals surface area contributed by atoms with E-state index < -0.39 is 0 Å². The zero-order chi connectivity index (χ0) is 12.2. The average Bonchev–Trinajstić information content (AvgIpc) is 2.31. The minimum Gasteiger partial charge on any atom is -0.382 e. The maximum absolute atomic E-state index is 5.26. The molecule has 6 heteroatoms. The van der Waals surface area contributed by atoms with Crippen LogP contribution in [0.2, 0.25) is 0 Å². The molecule has 0 aromatic rings.